The number of carbonyl (C=O) groups is 1. The van der Waals surface area contributed by atoms with Crippen LogP contribution in [-0.2, 0) is 14.8 Å². The lowest BCUT2D eigenvalue weighted by Gasteiger charge is -2.14. The Labute approximate surface area is 227 Å². The maximum atomic E-state index is 12.9. The molecule has 7 nitrogen and oxygen atoms in total. The van der Waals surface area contributed by atoms with Crippen LogP contribution in [0.25, 0.3) is 0 Å². The van der Waals surface area contributed by atoms with Gasteiger partial charge in [-0.1, -0.05) is 35.9 Å². The number of nitrogens with one attached hydrogen (secondary N) is 2. The van der Waals surface area contributed by atoms with E-state index in [1.54, 1.807) is 49.4 Å². The SMILES string of the molecule is Cc1ccc(NS(=O)(=O)c2ccc(OCC(=O)Nc3cc(Cl)ccc3Oc3ccccc3)c(C)c2)cc1C. The van der Waals surface area contributed by atoms with E-state index in [2.05, 4.69) is 10.0 Å². The van der Waals surface area contributed by atoms with Crippen molar-refractivity contribution in [2.45, 2.75) is 25.7 Å². The van der Waals surface area contributed by atoms with Crippen LogP contribution in [0.15, 0.2) is 89.8 Å². The number of carbonyl (C=O) groups excluding carboxylic acids is 1. The predicted molar refractivity (Wildman–Crippen MR) is 150 cm³/mol. The van der Waals surface area contributed by atoms with Crippen molar-refractivity contribution in [1.82, 2.24) is 0 Å². The highest BCUT2D eigenvalue weighted by molar-refractivity contribution is 7.92. The van der Waals surface area contributed by atoms with Gasteiger partial charge in [0.15, 0.2) is 12.4 Å². The molecular formula is C29H27ClN2O5S. The molecular weight excluding hydrogens is 524 g/mol. The number of rotatable bonds is 9. The van der Waals surface area contributed by atoms with Gasteiger partial charge in [-0.25, -0.2) is 8.42 Å². The third-order valence-corrected chi connectivity index (χ3v) is 7.38. The molecule has 4 aromatic carbocycles. The molecule has 0 fully saturated rings. The summed E-state index contributed by atoms with van der Waals surface area (Å²) >= 11 is 6.12. The molecule has 0 atom stereocenters. The summed E-state index contributed by atoms with van der Waals surface area (Å²) in [5.41, 5.74) is 3.51. The van der Waals surface area contributed by atoms with Gasteiger partial charge in [0.1, 0.15) is 11.5 Å². The predicted octanol–water partition coefficient (Wildman–Crippen LogP) is 6.88. The minimum atomic E-state index is -3.80. The minimum Gasteiger partial charge on any atom is -0.483 e. The van der Waals surface area contributed by atoms with Gasteiger partial charge in [-0.05, 0) is 98.1 Å². The lowest BCUT2D eigenvalue weighted by Crippen LogP contribution is -2.21. The molecule has 0 aliphatic carbocycles. The van der Waals surface area contributed by atoms with Crippen LogP contribution in [-0.4, -0.2) is 20.9 Å². The van der Waals surface area contributed by atoms with E-state index in [0.717, 1.165) is 11.1 Å². The number of hydrogen-bond donors (Lipinski definition) is 2. The Balaban J connectivity index is 1.41. The number of aryl methyl sites for hydroxylation is 3. The van der Waals surface area contributed by atoms with Crippen molar-refractivity contribution in [3.05, 3.63) is 107 Å². The van der Waals surface area contributed by atoms with Crippen molar-refractivity contribution in [3.63, 3.8) is 0 Å². The molecule has 196 valence electrons. The van der Waals surface area contributed by atoms with Crippen molar-refractivity contribution >= 4 is 38.9 Å². The second-order valence-corrected chi connectivity index (χ2v) is 10.8. The van der Waals surface area contributed by atoms with E-state index in [4.69, 9.17) is 21.1 Å². The maximum absolute atomic E-state index is 12.9. The molecule has 0 aliphatic heterocycles. The Morgan fingerprint density at radius 3 is 2.26 bits per heavy atom. The number of ether oxygens (including phenoxy) is 2. The molecule has 0 bridgehead atoms. The van der Waals surface area contributed by atoms with Crippen LogP contribution in [0, 0.1) is 20.8 Å². The second-order valence-electron chi connectivity index (χ2n) is 8.72. The van der Waals surface area contributed by atoms with Crippen LogP contribution < -0.4 is 19.5 Å². The number of amides is 1. The third-order valence-electron chi connectivity index (χ3n) is 5.76. The van der Waals surface area contributed by atoms with Gasteiger partial charge in [0.25, 0.3) is 15.9 Å². The Morgan fingerprint density at radius 2 is 1.55 bits per heavy atom. The molecule has 4 aromatic rings. The zero-order chi connectivity index (χ0) is 27.3. The van der Waals surface area contributed by atoms with E-state index in [-0.39, 0.29) is 11.5 Å². The average Bonchev–Trinajstić information content (AvgIpc) is 2.87. The molecule has 0 radical (unpaired) electrons. The zero-order valence-corrected chi connectivity index (χ0v) is 22.7. The molecule has 0 unspecified atom stereocenters. The first-order chi connectivity index (χ1) is 18.1. The number of para-hydroxylation sites is 1. The molecule has 38 heavy (non-hydrogen) atoms. The Kier molecular flexibility index (Phi) is 8.24. The molecule has 4 rings (SSSR count). The maximum Gasteiger partial charge on any atom is 0.262 e. The average molecular weight is 551 g/mol. The van der Waals surface area contributed by atoms with Crippen LogP contribution >= 0.6 is 11.6 Å². The standard InChI is InChI=1S/C29H27ClN2O5S/c1-19-9-11-23(15-20(19)2)32-38(34,35)25-12-14-27(21(3)16-25)36-18-29(33)31-26-17-22(30)10-13-28(26)37-24-7-5-4-6-8-24/h4-17,32H,18H2,1-3H3,(H,31,33). The zero-order valence-electron chi connectivity index (χ0n) is 21.1. The monoisotopic (exact) mass is 550 g/mol. The van der Waals surface area contributed by atoms with E-state index in [9.17, 15) is 13.2 Å². The smallest absolute Gasteiger partial charge is 0.262 e. The number of halogens is 1. The second kappa shape index (κ2) is 11.6. The first-order valence-corrected chi connectivity index (χ1v) is 13.6. The fourth-order valence-corrected chi connectivity index (χ4v) is 4.91. The highest BCUT2D eigenvalue weighted by atomic mass is 35.5. The van der Waals surface area contributed by atoms with E-state index in [0.29, 0.717) is 39.2 Å². The molecule has 0 saturated carbocycles. The van der Waals surface area contributed by atoms with Gasteiger partial charge in [-0.2, -0.15) is 0 Å². The molecule has 0 aromatic heterocycles. The Hall–Kier alpha value is -4.01. The molecule has 1 amide bonds. The van der Waals surface area contributed by atoms with Crippen LogP contribution in [0.5, 0.6) is 17.2 Å². The van der Waals surface area contributed by atoms with Gasteiger partial charge in [0, 0.05) is 10.7 Å². The molecule has 0 saturated heterocycles. The van der Waals surface area contributed by atoms with Gasteiger partial charge in [0.05, 0.1) is 10.6 Å². The van der Waals surface area contributed by atoms with E-state index < -0.39 is 15.9 Å². The summed E-state index contributed by atoms with van der Waals surface area (Å²) in [7, 11) is -3.80. The van der Waals surface area contributed by atoms with Gasteiger partial charge in [-0.3, -0.25) is 9.52 Å². The Morgan fingerprint density at radius 1 is 0.816 bits per heavy atom. The summed E-state index contributed by atoms with van der Waals surface area (Å²) in [6, 6.07) is 23.9. The normalized spacial score (nSPS) is 11.1. The quantitative estimate of drug-likeness (QED) is 0.237. The van der Waals surface area contributed by atoms with E-state index in [1.165, 1.54) is 18.2 Å². The lowest BCUT2D eigenvalue weighted by molar-refractivity contribution is -0.118. The number of sulfonamides is 1. The Bertz CT molecular complexity index is 1570. The van der Waals surface area contributed by atoms with Crippen molar-refractivity contribution < 1.29 is 22.7 Å². The topological polar surface area (TPSA) is 93.7 Å². The van der Waals surface area contributed by atoms with Gasteiger partial charge in [0.2, 0.25) is 0 Å². The lowest BCUT2D eigenvalue weighted by atomic mass is 10.1. The summed E-state index contributed by atoms with van der Waals surface area (Å²) in [6.07, 6.45) is 0. The van der Waals surface area contributed by atoms with Crippen LogP contribution in [0.1, 0.15) is 16.7 Å². The molecule has 0 heterocycles. The molecule has 0 spiro atoms. The fraction of sp³-hybridized carbons (Fsp3) is 0.138. The number of benzene rings is 4. The molecule has 9 heteroatoms. The van der Waals surface area contributed by atoms with Crippen LogP contribution in [0.4, 0.5) is 11.4 Å². The van der Waals surface area contributed by atoms with Crippen molar-refractivity contribution in [2.75, 3.05) is 16.6 Å². The summed E-state index contributed by atoms with van der Waals surface area (Å²) in [5.74, 6) is 0.991. The van der Waals surface area contributed by atoms with Gasteiger partial charge in [-0.15, -0.1) is 0 Å². The summed E-state index contributed by atoms with van der Waals surface area (Å²) < 4.78 is 39.9. The van der Waals surface area contributed by atoms with E-state index in [1.807, 2.05) is 38.1 Å². The van der Waals surface area contributed by atoms with E-state index >= 15 is 0 Å². The highest BCUT2D eigenvalue weighted by Crippen LogP contribution is 2.32. The van der Waals surface area contributed by atoms with Gasteiger partial charge < -0.3 is 14.8 Å². The van der Waals surface area contributed by atoms with Crippen molar-refractivity contribution in [3.8, 4) is 17.2 Å². The first-order valence-electron chi connectivity index (χ1n) is 11.8. The summed E-state index contributed by atoms with van der Waals surface area (Å²) in [6.45, 7) is 5.29. The van der Waals surface area contributed by atoms with Crippen molar-refractivity contribution in [1.29, 1.82) is 0 Å². The summed E-state index contributed by atoms with van der Waals surface area (Å²) in [5, 5.41) is 3.19. The number of anilines is 2. The summed E-state index contributed by atoms with van der Waals surface area (Å²) in [4.78, 5) is 12.7. The fourth-order valence-electron chi connectivity index (χ4n) is 3.60. The van der Waals surface area contributed by atoms with Crippen LogP contribution in [0.3, 0.4) is 0 Å². The number of hydrogen-bond acceptors (Lipinski definition) is 5. The highest BCUT2D eigenvalue weighted by Gasteiger charge is 2.17. The van der Waals surface area contributed by atoms with Gasteiger partial charge >= 0.3 is 0 Å². The van der Waals surface area contributed by atoms with Crippen molar-refractivity contribution in [2.24, 2.45) is 0 Å². The molecule has 0 aliphatic rings. The third kappa shape index (κ3) is 6.85. The minimum absolute atomic E-state index is 0.0895. The first kappa shape index (κ1) is 27.0. The largest absolute Gasteiger partial charge is 0.483 e. The molecule has 2 N–H and O–H groups in total. The van der Waals surface area contributed by atoms with Crippen LogP contribution in [0.2, 0.25) is 5.02 Å².